The normalized spacial score (nSPS) is 12.3. The van der Waals surface area contributed by atoms with Gasteiger partial charge in [0.1, 0.15) is 5.56 Å². The summed E-state index contributed by atoms with van der Waals surface area (Å²) in [7, 11) is 1.51. The summed E-state index contributed by atoms with van der Waals surface area (Å²) >= 11 is 3.55. The van der Waals surface area contributed by atoms with Crippen LogP contribution in [-0.4, -0.2) is 29.4 Å². The minimum atomic E-state index is -0.159. The third kappa shape index (κ3) is 4.64. The predicted molar refractivity (Wildman–Crippen MR) is 75.3 cm³/mol. The summed E-state index contributed by atoms with van der Waals surface area (Å²) in [6.45, 7) is 4.90. The lowest BCUT2D eigenvalue weighted by Gasteiger charge is -2.13. The molecule has 0 saturated carbocycles. The van der Waals surface area contributed by atoms with Crippen LogP contribution in [0.5, 0.6) is 5.88 Å². The molecule has 0 aliphatic rings. The largest absolute Gasteiger partial charge is 0.480 e. The first-order valence-corrected chi connectivity index (χ1v) is 6.87. The smallest absolute Gasteiger partial charge is 0.256 e. The molecular weight excluding hydrogens is 296 g/mol. The van der Waals surface area contributed by atoms with Crippen molar-refractivity contribution in [3.8, 4) is 5.88 Å². The second-order valence-electron chi connectivity index (χ2n) is 4.50. The van der Waals surface area contributed by atoms with E-state index >= 15 is 0 Å². The van der Waals surface area contributed by atoms with Gasteiger partial charge in [0, 0.05) is 17.6 Å². The van der Waals surface area contributed by atoms with Crippen LogP contribution in [0.15, 0.2) is 18.3 Å². The number of hydrogen-bond donors (Lipinski definition) is 1. The fourth-order valence-electron chi connectivity index (χ4n) is 1.62. The Morgan fingerprint density at radius 2 is 2.28 bits per heavy atom. The highest BCUT2D eigenvalue weighted by Crippen LogP contribution is 2.14. The van der Waals surface area contributed by atoms with Crippen molar-refractivity contribution in [3.63, 3.8) is 0 Å². The Morgan fingerprint density at radius 3 is 2.89 bits per heavy atom. The molecule has 1 unspecified atom stereocenters. The van der Waals surface area contributed by atoms with E-state index < -0.39 is 0 Å². The molecule has 0 bridgehead atoms. The maximum Gasteiger partial charge on any atom is 0.256 e. The van der Waals surface area contributed by atoms with Crippen LogP contribution in [0.1, 0.15) is 30.6 Å². The molecule has 0 spiro atoms. The van der Waals surface area contributed by atoms with E-state index in [0.29, 0.717) is 23.9 Å². The lowest BCUT2D eigenvalue weighted by Crippen LogP contribution is -2.30. The highest BCUT2D eigenvalue weighted by Gasteiger charge is 2.14. The molecule has 0 fully saturated rings. The Morgan fingerprint density at radius 1 is 1.56 bits per heavy atom. The summed E-state index contributed by atoms with van der Waals surface area (Å²) < 4.78 is 5.05. The number of nitrogens with zero attached hydrogens (tertiary/aromatic N) is 1. The Balaban J connectivity index is 2.55. The van der Waals surface area contributed by atoms with E-state index in [1.165, 1.54) is 7.11 Å². The molecule has 0 radical (unpaired) electrons. The van der Waals surface area contributed by atoms with Crippen molar-refractivity contribution in [1.29, 1.82) is 0 Å². The summed E-state index contributed by atoms with van der Waals surface area (Å²) in [5, 5.41) is 2.87. The van der Waals surface area contributed by atoms with Gasteiger partial charge in [0.25, 0.3) is 5.91 Å². The van der Waals surface area contributed by atoms with Crippen LogP contribution < -0.4 is 10.1 Å². The molecule has 0 aliphatic heterocycles. The Hall–Kier alpha value is -1.10. The summed E-state index contributed by atoms with van der Waals surface area (Å²) in [6.07, 6.45) is 2.62. The number of carbonyl (C=O) groups is 1. The van der Waals surface area contributed by atoms with Gasteiger partial charge >= 0.3 is 0 Å². The highest BCUT2D eigenvalue weighted by atomic mass is 79.9. The van der Waals surface area contributed by atoms with Crippen LogP contribution in [-0.2, 0) is 0 Å². The monoisotopic (exact) mass is 314 g/mol. The van der Waals surface area contributed by atoms with Gasteiger partial charge in [-0.25, -0.2) is 4.98 Å². The predicted octanol–water partition coefficient (Wildman–Crippen LogP) is 2.63. The van der Waals surface area contributed by atoms with Crippen molar-refractivity contribution in [2.75, 3.05) is 13.7 Å². The molecule has 1 atom stereocenters. The molecule has 1 amide bonds. The van der Waals surface area contributed by atoms with E-state index in [2.05, 4.69) is 40.1 Å². The molecule has 18 heavy (non-hydrogen) atoms. The number of rotatable bonds is 6. The van der Waals surface area contributed by atoms with Crippen LogP contribution in [0.25, 0.3) is 0 Å². The average molecular weight is 315 g/mol. The first-order chi connectivity index (χ1) is 8.54. The number of nitrogens with one attached hydrogen (secondary N) is 1. The van der Waals surface area contributed by atoms with Gasteiger partial charge in [-0.2, -0.15) is 0 Å². The van der Waals surface area contributed by atoms with E-state index in [1.54, 1.807) is 18.3 Å². The standard InChI is InChI=1S/C13H19BrN2O2/c1-9(2)7-10(14)8-16-12(17)11-5-4-6-15-13(11)18-3/h4-6,9-10H,7-8H2,1-3H3,(H,16,17). The number of methoxy groups -OCH3 is 1. The molecule has 1 N–H and O–H groups in total. The number of ether oxygens (including phenoxy) is 1. The molecule has 1 heterocycles. The molecule has 1 rings (SSSR count). The summed E-state index contributed by atoms with van der Waals surface area (Å²) in [5.74, 6) is 0.789. The lowest BCUT2D eigenvalue weighted by atomic mass is 10.1. The Labute approximate surface area is 116 Å². The van der Waals surface area contributed by atoms with Crippen LogP contribution in [0.4, 0.5) is 0 Å². The molecule has 1 aromatic heterocycles. The first-order valence-electron chi connectivity index (χ1n) is 5.95. The molecule has 0 aliphatic carbocycles. The quantitative estimate of drug-likeness (QED) is 0.821. The maximum atomic E-state index is 12.0. The van der Waals surface area contributed by atoms with Gasteiger partial charge in [-0.05, 0) is 24.5 Å². The molecular formula is C13H19BrN2O2. The van der Waals surface area contributed by atoms with Gasteiger partial charge in [-0.15, -0.1) is 0 Å². The van der Waals surface area contributed by atoms with E-state index in [4.69, 9.17) is 4.74 Å². The second-order valence-corrected chi connectivity index (χ2v) is 5.79. The topological polar surface area (TPSA) is 51.2 Å². The fourth-order valence-corrected chi connectivity index (χ4v) is 2.53. The van der Waals surface area contributed by atoms with Crippen LogP contribution in [0.3, 0.4) is 0 Å². The number of halogens is 1. The van der Waals surface area contributed by atoms with Crippen LogP contribution >= 0.6 is 15.9 Å². The van der Waals surface area contributed by atoms with Crippen molar-refractivity contribution < 1.29 is 9.53 Å². The number of amides is 1. The van der Waals surface area contributed by atoms with Crippen molar-refractivity contribution in [3.05, 3.63) is 23.9 Å². The van der Waals surface area contributed by atoms with E-state index in [-0.39, 0.29) is 10.7 Å². The highest BCUT2D eigenvalue weighted by molar-refractivity contribution is 9.09. The SMILES string of the molecule is COc1ncccc1C(=O)NCC(Br)CC(C)C. The lowest BCUT2D eigenvalue weighted by molar-refractivity contribution is 0.0949. The van der Waals surface area contributed by atoms with Gasteiger partial charge in [0.15, 0.2) is 0 Å². The zero-order valence-electron chi connectivity index (χ0n) is 10.9. The van der Waals surface area contributed by atoms with Crippen LogP contribution in [0, 0.1) is 5.92 Å². The second kappa shape index (κ2) is 7.36. The molecule has 4 nitrogen and oxygen atoms in total. The van der Waals surface area contributed by atoms with Gasteiger partial charge in [0.05, 0.1) is 7.11 Å². The molecule has 100 valence electrons. The zero-order chi connectivity index (χ0) is 13.5. The Bertz CT molecular complexity index is 396. The van der Waals surface area contributed by atoms with E-state index in [1.807, 2.05) is 0 Å². The number of alkyl halides is 1. The van der Waals surface area contributed by atoms with Crippen LogP contribution in [0.2, 0.25) is 0 Å². The minimum Gasteiger partial charge on any atom is -0.480 e. The van der Waals surface area contributed by atoms with Gasteiger partial charge in [-0.3, -0.25) is 4.79 Å². The van der Waals surface area contributed by atoms with Gasteiger partial charge < -0.3 is 10.1 Å². The van der Waals surface area contributed by atoms with Crippen molar-refractivity contribution in [2.24, 2.45) is 5.92 Å². The number of pyridine rings is 1. The van der Waals surface area contributed by atoms with E-state index in [9.17, 15) is 4.79 Å². The Kier molecular flexibility index (Phi) is 6.12. The van der Waals surface area contributed by atoms with Crippen molar-refractivity contribution in [1.82, 2.24) is 10.3 Å². The fraction of sp³-hybridized carbons (Fsp3) is 0.538. The van der Waals surface area contributed by atoms with Crippen molar-refractivity contribution >= 4 is 21.8 Å². The molecule has 5 heteroatoms. The third-order valence-corrected chi connectivity index (χ3v) is 3.12. The average Bonchev–Trinajstić information content (AvgIpc) is 2.35. The first kappa shape index (κ1) is 15.0. The minimum absolute atomic E-state index is 0.159. The number of aromatic nitrogens is 1. The maximum absolute atomic E-state index is 12.0. The summed E-state index contributed by atoms with van der Waals surface area (Å²) in [4.78, 5) is 16.2. The molecule has 1 aromatic rings. The zero-order valence-corrected chi connectivity index (χ0v) is 12.5. The molecule has 0 saturated heterocycles. The summed E-state index contributed by atoms with van der Waals surface area (Å²) in [5.41, 5.74) is 0.462. The number of carbonyl (C=O) groups excluding carboxylic acids is 1. The number of hydrogen-bond acceptors (Lipinski definition) is 3. The van der Waals surface area contributed by atoms with Gasteiger partial charge in [0.2, 0.25) is 5.88 Å². The summed E-state index contributed by atoms with van der Waals surface area (Å²) in [6, 6.07) is 3.42. The third-order valence-electron chi connectivity index (χ3n) is 2.42. The van der Waals surface area contributed by atoms with Gasteiger partial charge in [-0.1, -0.05) is 29.8 Å². The van der Waals surface area contributed by atoms with Crippen molar-refractivity contribution in [2.45, 2.75) is 25.1 Å². The van der Waals surface area contributed by atoms with E-state index in [0.717, 1.165) is 6.42 Å². The molecule has 0 aromatic carbocycles.